The number of hydrogen-bond donors (Lipinski definition) is 1. The molecule has 0 saturated heterocycles. The van der Waals surface area contributed by atoms with Gasteiger partial charge in [-0.05, 0) is 41.7 Å². The summed E-state index contributed by atoms with van der Waals surface area (Å²) in [6.45, 7) is 0. The average molecular weight is 191 g/mol. The van der Waals surface area contributed by atoms with Crippen LogP contribution in [0.15, 0.2) is 24.3 Å². The van der Waals surface area contributed by atoms with Gasteiger partial charge >= 0.3 is 0 Å². The van der Waals surface area contributed by atoms with Crippen molar-refractivity contribution in [3.8, 4) is 0 Å². The SMILES string of the molecule is NC(=O)C=C1CCc2cc(F)ccc21. The molecule has 0 unspecified atom stereocenters. The molecule has 0 aromatic heterocycles. The highest BCUT2D eigenvalue weighted by Crippen LogP contribution is 2.32. The number of allylic oxidation sites excluding steroid dienone is 1. The lowest BCUT2D eigenvalue weighted by Crippen LogP contribution is -2.06. The Balaban J connectivity index is 2.45. The van der Waals surface area contributed by atoms with Crippen molar-refractivity contribution in [2.75, 3.05) is 0 Å². The van der Waals surface area contributed by atoms with Crippen LogP contribution in [-0.2, 0) is 11.2 Å². The number of hydrogen-bond acceptors (Lipinski definition) is 1. The predicted molar refractivity (Wildman–Crippen MR) is 51.9 cm³/mol. The Kier molecular flexibility index (Phi) is 2.08. The summed E-state index contributed by atoms with van der Waals surface area (Å²) >= 11 is 0. The topological polar surface area (TPSA) is 43.1 Å². The van der Waals surface area contributed by atoms with Crippen molar-refractivity contribution in [1.82, 2.24) is 0 Å². The number of fused-ring (bicyclic) bond motifs is 1. The van der Waals surface area contributed by atoms with Gasteiger partial charge in [0.15, 0.2) is 0 Å². The maximum absolute atomic E-state index is 12.8. The summed E-state index contributed by atoms with van der Waals surface area (Å²) in [5, 5.41) is 0. The van der Waals surface area contributed by atoms with Gasteiger partial charge in [0.25, 0.3) is 0 Å². The molecular formula is C11H10FNO. The van der Waals surface area contributed by atoms with Crippen molar-refractivity contribution in [1.29, 1.82) is 0 Å². The molecule has 1 aliphatic carbocycles. The number of primary amides is 1. The number of nitrogens with two attached hydrogens (primary N) is 1. The molecular weight excluding hydrogens is 181 g/mol. The van der Waals surface area contributed by atoms with Crippen LogP contribution in [0.25, 0.3) is 5.57 Å². The Morgan fingerprint density at radius 1 is 1.43 bits per heavy atom. The molecule has 72 valence electrons. The second-order valence-electron chi connectivity index (χ2n) is 3.37. The van der Waals surface area contributed by atoms with Gasteiger partial charge in [0.2, 0.25) is 5.91 Å². The van der Waals surface area contributed by atoms with Crippen molar-refractivity contribution in [3.05, 3.63) is 41.2 Å². The zero-order chi connectivity index (χ0) is 10.1. The standard InChI is InChI=1S/C11H10FNO/c12-9-3-4-10-7(5-9)1-2-8(10)6-11(13)14/h3-6H,1-2H2,(H2,13,14). The molecule has 2 N–H and O–H groups in total. The second-order valence-corrected chi connectivity index (χ2v) is 3.37. The highest BCUT2D eigenvalue weighted by Gasteiger charge is 2.16. The number of aryl methyl sites for hydroxylation is 1. The summed E-state index contributed by atoms with van der Waals surface area (Å²) in [6, 6.07) is 4.61. The van der Waals surface area contributed by atoms with E-state index in [-0.39, 0.29) is 5.82 Å². The monoisotopic (exact) mass is 191 g/mol. The molecule has 1 aromatic rings. The largest absolute Gasteiger partial charge is 0.366 e. The Labute approximate surface area is 81.2 Å². The third kappa shape index (κ3) is 1.53. The third-order valence-corrected chi connectivity index (χ3v) is 2.39. The Bertz CT molecular complexity index is 423. The number of halogens is 1. The molecule has 0 atom stereocenters. The molecule has 3 heteroatoms. The molecule has 1 aliphatic rings. The van der Waals surface area contributed by atoms with E-state index < -0.39 is 5.91 Å². The minimum Gasteiger partial charge on any atom is -0.366 e. The summed E-state index contributed by atoms with van der Waals surface area (Å²) < 4.78 is 12.8. The first-order valence-electron chi connectivity index (χ1n) is 4.45. The van der Waals surface area contributed by atoms with Gasteiger partial charge in [0.05, 0.1) is 0 Å². The Morgan fingerprint density at radius 2 is 2.21 bits per heavy atom. The van der Waals surface area contributed by atoms with Gasteiger partial charge < -0.3 is 5.73 Å². The first kappa shape index (κ1) is 8.94. The fraction of sp³-hybridized carbons (Fsp3) is 0.182. The maximum atomic E-state index is 12.8. The van der Waals surface area contributed by atoms with Gasteiger partial charge in [-0.3, -0.25) is 4.79 Å². The molecule has 14 heavy (non-hydrogen) atoms. The Hall–Kier alpha value is -1.64. The van der Waals surface area contributed by atoms with Gasteiger partial charge in [0.1, 0.15) is 5.82 Å². The summed E-state index contributed by atoms with van der Waals surface area (Å²) in [5.41, 5.74) is 7.88. The van der Waals surface area contributed by atoms with E-state index in [2.05, 4.69) is 0 Å². The number of carbonyl (C=O) groups excluding carboxylic acids is 1. The van der Waals surface area contributed by atoms with E-state index in [0.29, 0.717) is 0 Å². The first-order chi connectivity index (χ1) is 6.66. The molecule has 1 amide bonds. The van der Waals surface area contributed by atoms with Crippen molar-refractivity contribution in [3.63, 3.8) is 0 Å². The van der Waals surface area contributed by atoms with Gasteiger partial charge in [-0.15, -0.1) is 0 Å². The second kappa shape index (κ2) is 3.25. The van der Waals surface area contributed by atoms with Crippen molar-refractivity contribution < 1.29 is 9.18 Å². The lowest BCUT2D eigenvalue weighted by atomic mass is 10.1. The van der Waals surface area contributed by atoms with Crippen LogP contribution in [0.1, 0.15) is 17.5 Å². The smallest absolute Gasteiger partial charge is 0.241 e. The van der Waals surface area contributed by atoms with E-state index >= 15 is 0 Å². The fourth-order valence-electron chi connectivity index (χ4n) is 1.81. The van der Waals surface area contributed by atoms with Crippen LogP contribution in [0.3, 0.4) is 0 Å². The minimum absolute atomic E-state index is 0.232. The van der Waals surface area contributed by atoms with Crippen LogP contribution in [0, 0.1) is 5.82 Å². The fourth-order valence-corrected chi connectivity index (χ4v) is 1.81. The zero-order valence-corrected chi connectivity index (χ0v) is 7.59. The predicted octanol–water partition coefficient (Wildman–Crippen LogP) is 1.64. The highest BCUT2D eigenvalue weighted by atomic mass is 19.1. The molecule has 0 radical (unpaired) electrons. The number of carbonyl (C=O) groups is 1. The van der Waals surface area contributed by atoms with Crippen LogP contribution < -0.4 is 5.73 Å². The van der Waals surface area contributed by atoms with Crippen LogP contribution in [0.5, 0.6) is 0 Å². The van der Waals surface area contributed by atoms with E-state index in [1.54, 1.807) is 6.07 Å². The Morgan fingerprint density at radius 3 is 2.93 bits per heavy atom. The minimum atomic E-state index is -0.447. The molecule has 2 nitrogen and oxygen atoms in total. The summed E-state index contributed by atoms with van der Waals surface area (Å²) in [7, 11) is 0. The van der Waals surface area contributed by atoms with E-state index in [9.17, 15) is 9.18 Å². The molecule has 0 bridgehead atoms. The van der Waals surface area contributed by atoms with E-state index in [1.807, 2.05) is 0 Å². The number of benzene rings is 1. The molecule has 1 aromatic carbocycles. The van der Waals surface area contributed by atoms with Gasteiger partial charge in [-0.25, -0.2) is 4.39 Å². The molecule has 0 saturated carbocycles. The van der Waals surface area contributed by atoms with Gasteiger partial charge in [-0.2, -0.15) is 0 Å². The highest BCUT2D eigenvalue weighted by molar-refractivity contribution is 5.95. The zero-order valence-electron chi connectivity index (χ0n) is 7.59. The average Bonchev–Trinajstić information content (AvgIpc) is 2.47. The van der Waals surface area contributed by atoms with Crippen molar-refractivity contribution in [2.24, 2.45) is 5.73 Å². The normalized spacial score (nSPS) is 17.1. The summed E-state index contributed by atoms with van der Waals surface area (Å²) in [4.78, 5) is 10.7. The summed E-state index contributed by atoms with van der Waals surface area (Å²) in [6.07, 6.45) is 2.97. The van der Waals surface area contributed by atoms with E-state index in [0.717, 1.165) is 29.5 Å². The van der Waals surface area contributed by atoms with Gasteiger partial charge in [-0.1, -0.05) is 6.07 Å². The number of amides is 1. The molecule has 0 spiro atoms. The van der Waals surface area contributed by atoms with Crippen LogP contribution in [-0.4, -0.2) is 5.91 Å². The quantitative estimate of drug-likeness (QED) is 0.674. The lowest BCUT2D eigenvalue weighted by Gasteiger charge is -1.99. The van der Waals surface area contributed by atoms with Crippen LogP contribution >= 0.6 is 0 Å². The number of rotatable bonds is 1. The lowest BCUT2D eigenvalue weighted by molar-refractivity contribution is -0.113. The molecule has 0 fully saturated rings. The van der Waals surface area contributed by atoms with Crippen LogP contribution in [0.4, 0.5) is 4.39 Å². The first-order valence-corrected chi connectivity index (χ1v) is 4.45. The van der Waals surface area contributed by atoms with Crippen molar-refractivity contribution >= 4 is 11.5 Å². The third-order valence-electron chi connectivity index (χ3n) is 2.39. The molecule has 2 rings (SSSR count). The van der Waals surface area contributed by atoms with E-state index in [4.69, 9.17) is 5.73 Å². The van der Waals surface area contributed by atoms with Crippen LogP contribution in [0.2, 0.25) is 0 Å². The van der Waals surface area contributed by atoms with Crippen molar-refractivity contribution in [2.45, 2.75) is 12.8 Å². The van der Waals surface area contributed by atoms with Gasteiger partial charge in [0, 0.05) is 6.08 Å². The molecule has 0 heterocycles. The summed E-state index contributed by atoms with van der Waals surface area (Å²) in [5.74, 6) is -0.679. The molecule has 0 aliphatic heterocycles. The van der Waals surface area contributed by atoms with E-state index in [1.165, 1.54) is 18.2 Å². The maximum Gasteiger partial charge on any atom is 0.241 e.